The van der Waals surface area contributed by atoms with E-state index in [0.717, 1.165) is 37.9 Å². The lowest BCUT2D eigenvalue weighted by Crippen LogP contribution is -2.29. The van der Waals surface area contributed by atoms with Crippen molar-refractivity contribution >= 4 is 21.4 Å². The number of halogens is 1. The first-order chi connectivity index (χ1) is 8.46. The van der Waals surface area contributed by atoms with Crippen LogP contribution in [0.25, 0.3) is 0 Å². The van der Waals surface area contributed by atoms with Crippen LogP contribution >= 0.6 is 0 Å². The number of sulfonamides is 1. The SMILES string of the molecule is CS(=O)(=O)Nc1cc(N2CCCCC2)ccc1F. The number of anilines is 2. The van der Waals surface area contributed by atoms with Gasteiger partial charge in [-0.15, -0.1) is 0 Å². The molecule has 1 fully saturated rings. The first-order valence-corrected chi connectivity index (χ1v) is 7.87. The molecule has 1 aromatic carbocycles. The van der Waals surface area contributed by atoms with E-state index in [1.807, 2.05) is 0 Å². The largest absolute Gasteiger partial charge is 0.371 e. The van der Waals surface area contributed by atoms with Crippen molar-refractivity contribution in [2.24, 2.45) is 0 Å². The van der Waals surface area contributed by atoms with Gasteiger partial charge in [-0.05, 0) is 37.5 Å². The smallest absolute Gasteiger partial charge is 0.229 e. The van der Waals surface area contributed by atoms with Crippen LogP contribution < -0.4 is 9.62 Å². The fraction of sp³-hybridized carbons (Fsp3) is 0.500. The summed E-state index contributed by atoms with van der Waals surface area (Å²) < 4.78 is 38.0. The van der Waals surface area contributed by atoms with Crippen LogP contribution in [0, 0.1) is 5.82 Å². The highest BCUT2D eigenvalue weighted by molar-refractivity contribution is 7.92. The van der Waals surface area contributed by atoms with Crippen LogP contribution in [0.4, 0.5) is 15.8 Å². The van der Waals surface area contributed by atoms with Gasteiger partial charge in [0.25, 0.3) is 0 Å². The third-order valence-corrected chi connectivity index (χ3v) is 3.56. The van der Waals surface area contributed by atoms with Crippen molar-refractivity contribution in [3.8, 4) is 0 Å². The fourth-order valence-corrected chi connectivity index (χ4v) is 2.70. The summed E-state index contributed by atoms with van der Waals surface area (Å²) in [4.78, 5) is 2.15. The molecule has 1 N–H and O–H groups in total. The van der Waals surface area contributed by atoms with Gasteiger partial charge in [-0.25, -0.2) is 12.8 Å². The van der Waals surface area contributed by atoms with E-state index in [0.29, 0.717) is 0 Å². The molecule has 0 aliphatic carbocycles. The zero-order valence-electron chi connectivity index (χ0n) is 10.3. The lowest BCUT2D eigenvalue weighted by molar-refractivity contribution is 0.576. The topological polar surface area (TPSA) is 49.4 Å². The molecule has 4 nitrogen and oxygen atoms in total. The van der Waals surface area contributed by atoms with E-state index in [1.54, 1.807) is 12.1 Å². The van der Waals surface area contributed by atoms with Crippen molar-refractivity contribution in [1.82, 2.24) is 0 Å². The second kappa shape index (κ2) is 5.14. The molecule has 0 bridgehead atoms. The number of nitrogens with zero attached hydrogens (tertiary/aromatic N) is 1. The van der Waals surface area contributed by atoms with Crippen molar-refractivity contribution in [1.29, 1.82) is 0 Å². The molecule has 0 unspecified atom stereocenters. The minimum Gasteiger partial charge on any atom is -0.371 e. The Morgan fingerprint density at radius 3 is 2.50 bits per heavy atom. The van der Waals surface area contributed by atoms with Crippen LogP contribution in [0.3, 0.4) is 0 Å². The van der Waals surface area contributed by atoms with Crippen LogP contribution in [0.1, 0.15) is 19.3 Å². The summed E-state index contributed by atoms with van der Waals surface area (Å²) in [5.41, 5.74) is 0.878. The Labute approximate surface area is 107 Å². The quantitative estimate of drug-likeness (QED) is 0.917. The molecule has 6 heteroatoms. The predicted octanol–water partition coefficient (Wildman–Crippen LogP) is 2.19. The monoisotopic (exact) mass is 272 g/mol. The van der Waals surface area contributed by atoms with Gasteiger partial charge in [-0.2, -0.15) is 0 Å². The second-order valence-corrected chi connectivity index (χ2v) is 6.33. The highest BCUT2D eigenvalue weighted by atomic mass is 32.2. The summed E-state index contributed by atoms with van der Waals surface area (Å²) in [6.45, 7) is 1.87. The lowest BCUT2D eigenvalue weighted by atomic mass is 10.1. The van der Waals surface area contributed by atoms with Crippen molar-refractivity contribution in [3.05, 3.63) is 24.0 Å². The summed E-state index contributed by atoms with van der Waals surface area (Å²) in [5, 5.41) is 0. The van der Waals surface area contributed by atoms with Gasteiger partial charge in [0.05, 0.1) is 11.9 Å². The van der Waals surface area contributed by atoms with Gasteiger partial charge in [-0.3, -0.25) is 4.72 Å². The van der Waals surface area contributed by atoms with Crippen LogP contribution in [0.2, 0.25) is 0 Å². The summed E-state index contributed by atoms with van der Waals surface area (Å²) >= 11 is 0. The molecule has 1 aromatic rings. The van der Waals surface area contributed by atoms with Gasteiger partial charge in [0.1, 0.15) is 5.82 Å². The molecule has 0 spiro atoms. The van der Waals surface area contributed by atoms with Crippen LogP contribution in [-0.2, 0) is 10.0 Å². The van der Waals surface area contributed by atoms with Gasteiger partial charge in [-0.1, -0.05) is 0 Å². The molecule has 1 heterocycles. The number of nitrogens with one attached hydrogen (secondary N) is 1. The van der Waals surface area contributed by atoms with Gasteiger partial charge in [0.2, 0.25) is 10.0 Å². The third-order valence-electron chi connectivity index (χ3n) is 2.97. The third kappa shape index (κ3) is 3.35. The van der Waals surface area contributed by atoms with Crippen molar-refractivity contribution < 1.29 is 12.8 Å². The molecule has 1 aliphatic rings. The van der Waals surface area contributed by atoms with Crippen LogP contribution in [0.15, 0.2) is 18.2 Å². The van der Waals surface area contributed by atoms with Crippen molar-refractivity contribution in [2.75, 3.05) is 29.0 Å². The van der Waals surface area contributed by atoms with E-state index in [1.165, 1.54) is 12.5 Å². The zero-order chi connectivity index (χ0) is 13.2. The number of piperidine rings is 1. The molecule has 2 rings (SSSR count). The molecule has 18 heavy (non-hydrogen) atoms. The van der Waals surface area contributed by atoms with Crippen molar-refractivity contribution in [3.63, 3.8) is 0 Å². The van der Waals surface area contributed by atoms with Gasteiger partial charge in [0, 0.05) is 18.8 Å². The minimum atomic E-state index is -3.46. The van der Waals surface area contributed by atoms with Gasteiger partial charge < -0.3 is 4.90 Å². The Balaban J connectivity index is 2.25. The molecule has 100 valence electrons. The zero-order valence-corrected chi connectivity index (χ0v) is 11.1. The number of rotatable bonds is 3. The molecule has 0 aromatic heterocycles. The Morgan fingerprint density at radius 2 is 1.89 bits per heavy atom. The summed E-state index contributed by atoms with van der Waals surface area (Å²) in [6, 6.07) is 4.55. The summed E-state index contributed by atoms with van der Waals surface area (Å²) in [5.74, 6) is -0.554. The molecule has 0 saturated carbocycles. The van der Waals surface area contributed by atoms with E-state index in [9.17, 15) is 12.8 Å². The maximum absolute atomic E-state index is 13.5. The highest BCUT2D eigenvalue weighted by Gasteiger charge is 2.14. The fourth-order valence-electron chi connectivity index (χ4n) is 2.14. The van der Waals surface area contributed by atoms with E-state index >= 15 is 0 Å². The van der Waals surface area contributed by atoms with Crippen molar-refractivity contribution in [2.45, 2.75) is 19.3 Å². The highest BCUT2D eigenvalue weighted by Crippen LogP contribution is 2.25. The molecule has 0 amide bonds. The Kier molecular flexibility index (Phi) is 3.75. The van der Waals surface area contributed by atoms with Crippen LogP contribution in [0.5, 0.6) is 0 Å². The maximum atomic E-state index is 13.5. The number of hydrogen-bond acceptors (Lipinski definition) is 3. The lowest BCUT2D eigenvalue weighted by Gasteiger charge is -2.29. The van der Waals surface area contributed by atoms with E-state index in [-0.39, 0.29) is 5.69 Å². The van der Waals surface area contributed by atoms with Crippen LogP contribution in [-0.4, -0.2) is 27.8 Å². The second-order valence-electron chi connectivity index (χ2n) is 4.59. The first-order valence-electron chi connectivity index (χ1n) is 5.98. The molecular weight excluding hydrogens is 255 g/mol. The molecule has 1 saturated heterocycles. The molecule has 0 atom stereocenters. The molecule has 1 aliphatic heterocycles. The Hall–Kier alpha value is -1.30. The van der Waals surface area contributed by atoms with E-state index in [4.69, 9.17) is 0 Å². The molecule has 0 radical (unpaired) electrons. The van der Waals surface area contributed by atoms with E-state index in [2.05, 4.69) is 9.62 Å². The van der Waals surface area contributed by atoms with Gasteiger partial charge in [0.15, 0.2) is 0 Å². The maximum Gasteiger partial charge on any atom is 0.229 e. The number of hydrogen-bond donors (Lipinski definition) is 1. The van der Waals surface area contributed by atoms with E-state index < -0.39 is 15.8 Å². The molecular formula is C12H17FN2O2S. The average molecular weight is 272 g/mol. The number of benzene rings is 1. The Bertz CT molecular complexity index is 525. The standard InChI is InChI=1S/C12H17FN2O2S/c1-18(16,17)14-12-9-10(5-6-11(12)13)15-7-3-2-4-8-15/h5-6,9,14H,2-4,7-8H2,1H3. The Morgan fingerprint density at radius 1 is 1.22 bits per heavy atom. The first kappa shape index (κ1) is 13.1. The predicted molar refractivity (Wildman–Crippen MR) is 70.9 cm³/mol. The summed E-state index contributed by atoms with van der Waals surface area (Å²) in [6.07, 6.45) is 4.46. The minimum absolute atomic E-state index is 0.0144. The average Bonchev–Trinajstić information content (AvgIpc) is 2.31. The van der Waals surface area contributed by atoms with Gasteiger partial charge >= 0.3 is 0 Å². The summed E-state index contributed by atoms with van der Waals surface area (Å²) in [7, 11) is -3.46. The normalized spacial score (nSPS) is 16.7.